The van der Waals surface area contributed by atoms with E-state index >= 15 is 0 Å². The Hall–Kier alpha value is -2.72. The van der Waals surface area contributed by atoms with E-state index in [0.717, 1.165) is 29.4 Å². The number of aromatic nitrogens is 1. The van der Waals surface area contributed by atoms with E-state index in [4.69, 9.17) is 0 Å². The van der Waals surface area contributed by atoms with Crippen LogP contribution in [0.5, 0.6) is 0 Å². The Balaban J connectivity index is 1.76. The highest BCUT2D eigenvalue weighted by molar-refractivity contribution is 5.84. The van der Waals surface area contributed by atoms with Crippen LogP contribution in [0.2, 0.25) is 0 Å². The summed E-state index contributed by atoms with van der Waals surface area (Å²) in [7, 11) is 4.07. The molecule has 4 nitrogen and oxygen atoms in total. The number of hydrogen-bond donors (Lipinski definition) is 0. The minimum absolute atomic E-state index is 0.159. The highest BCUT2D eigenvalue weighted by atomic mass is 16.2. The number of aryl methyl sites for hydroxylation is 1. The number of likely N-dealkylation sites (N-methyl/N-ethyl adjacent to an activating group) is 1. The van der Waals surface area contributed by atoms with Crippen molar-refractivity contribution in [3.8, 4) is 0 Å². The fraction of sp³-hybridized carbons (Fsp3) is 0.304. The second-order valence-corrected chi connectivity index (χ2v) is 7.34. The lowest BCUT2D eigenvalue weighted by atomic mass is 10.1. The van der Waals surface area contributed by atoms with Crippen molar-refractivity contribution in [3.63, 3.8) is 0 Å². The first kappa shape index (κ1) is 19.1. The number of benzene rings is 2. The molecule has 1 heterocycles. The van der Waals surface area contributed by atoms with E-state index in [-0.39, 0.29) is 5.91 Å². The highest BCUT2D eigenvalue weighted by Gasteiger charge is 2.15. The van der Waals surface area contributed by atoms with E-state index in [1.807, 2.05) is 43.4 Å². The molecule has 1 amide bonds. The van der Waals surface area contributed by atoms with Gasteiger partial charge < -0.3 is 9.80 Å². The molecule has 0 spiro atoms. The summed E-state index contributed by atoms with van der Waals surface area (Å²) in [6.45, 7) is 4.30. The van der Waals surface area contributed by atoms with Crippen LogP contribution in [0.3, 0.4) is 0 Å². The minimum Gasteiger partial charge on any atom is -0.337 e. The van der Waals surface area contributed by atoms with E-state index < -0.39 is 0 Å². The van der Waals surface area contributed by atoms with Crippen molar-refractivity contribution in [2.75, 3.05) is 27.2 Å². The van der Waals surface area contributed by atoms with E-state index in [1.54, 1.807) is 6.20 Å². The van der Waals surface area contributed by atoms with E-state index in [9.17, 15) is 4.79 Å². The molecular weight excluding hydrogens is 334 g/mol. The van der Waals surface area contributed by atoms with Crippen LogP contribution in [0.25, 0.3) is 10.8 Å². The van der Waals surface area contributed by atoms with Crippen LogP contribution in [0, 0.1) is 6.92 Å². The molecular formula is C23H27N3O. The van der Waals surface area contributed by atoms with Gasteiger partial charge in [-0.1, -0.05) is 48.0 Å². The first-order valence-electron chi connectivity index (χ1n) is 9.32. The highest BCUT2D eigenvalue weighted by Crippen LogP contribution is 2.16. The lowest BCUT2D eigenvalue weighted by Gasteiger charge is -2.25. The topological polar surface area (TPSA) is 36.4 Å². The monoisotopic (exact) mass is 361 g/mol. The Bertz CT molecular complexity index is 920. The van der Waals surface area contributed by atoms with E-state index in [2.05, 4.69) is 47.1 Å². The standard InChI is InChI=1S/C23H27N3O/c1-18-5-4-6-20(13-18)17-26(12-11-25(2)3)23(27)15-19-7-8-22-16-24-10-9-21(22)14-19/h4-10,13-14,16H,11-12,15,17H2,1-3H3. The van der Waals surface area contributed by atoms with Gasteiger partial charge in [0.2, 0.25) is 5.91 Å². The molecule has 3 rings (SSSR count). The molecule has 1 aromatic heterocycles. The van der Waals surface area contributed by atoms with Gasteiger partial charge in [-0.3, -0.25) is 9.78 Å². The van der Waals surface area contributed by atoms with Gasteiger partial charge in [-0.2, -0.15) is 0 Å². The molecule has 0 aliphatic carbocycles. The average molecular weight is 361 g/mol. The van der Waals surface area contributed by atoms with Gasteiger partial charge >= 0.3 is 0 Å². The lowest BCUT2D eigenvalue weighted by Crippen LogP contribution is -2.37. The van der Waals surface area contributed by atoms with Crippen LogP contribution < -0.4 is 0 Å². The Labute approximate surface area is 161 Å². The summed E-state index contributed by atoms with van der Waals surface area (Å²) in [4.78, 5) is 21.3. The predicted octanol–water partition coefficient (Wildman–Crippen LogP) is 3.68. The van der Waals surface area contributed by atoms with Gasteiger partial charge in [0.25, 0.3) is 0 Å². The molecule has 0 saturated heterocycles. The zero-order valence-corrected chi connectivity index (χ0v) is 16.4. The lowest BCUT2D eigenvalue weighted by molar-refractivity contribution is -0.131. The molecule has 0 saturated carbocycles. The molecule has 2 aromatic carbocycles. The molecule has 3 aromatic rings. The number of rotatable bonds is 7. The van der Waals surface area contributed by atoms with Gasteiger partial charge in [0.1, 0.15) is 0 Å². The molecule has 0 aliphatic rings. The number of carbonyl (C=O) groups excluding carboxylic acids is 1. The number of pyridine rings is 1. The van der Waals surface area contributed by atoms with Crippen LogP contribution in [0.15, 0.2) is 60.9 Å². The fourth-order valence-corrected chi connectivity index (χ4v) is 3.17. The van der Waals surface area contributed by atoms with Crippen molar-refractivity contribution < 1.29 is 4.79 Å². The van der Waals surface area contributed by atoms with Crippen LogP contribution >= 0.6 is 0 Å². The third kappa shape index (κ3) is 5.38. The summed E-state index contributed by atoms with van der Waals surface area (Å²) < 4.78 is 0. The molecule has 0 radical (unpaired) electrons. The number of nitrogens with zero attached hydrogens (tertiary/aromatic N) is 3. The van der Waals surface area contributed by atoms with Crippen LogP contribution in [0.4, 0.5) is 0 Å². The summed E-state index contributed by atoms with van der Waals surface area (Å²) in [5.74, 6) is 0.159. The van der Waals surface area contributed by atoms with Gasteiger partial charge in [0, 0.05) is 37.4 Å². The van der Waals surface area contributed by atoms with Gasteiger partial charge in [-0.15, -0.1) is 0 Å². The maximum absolute atomic E-state index is 13.0. The van der Waals surface area contributed by atoms with Crippen molar-refractivity contribution in [1.82, 2.24) is 14.8 Å². The van der Waals surface area contributed by atoms with Gasteiger partial charge in [0.15, 0.2) is 0 Å². The minimum atomic E-state index is 0.159. The summed E-state index contributed by atoms with van der Waals surface area (Å²) in [5.41, 5.74) is 3.43. The van der Waals surface area contributed by atoms with Crippen LogP contribution in [-0.2, 0) is 17.8 Å². The SMILES string of the molecule is Cc1cccc(CN(CCN(C)C)C(=O)Cc2ccc3cnccc3c2)c1. The Morgan fingerprint density at radius 2 is 1.81 bits per heavy atom. The largest absolute Gasteiger partial charge is 0.337 e. The van der Waals surface area contributed by atoms with Crippen molar-refractivity contribution in [2.24, 2.45) is 0 Å². The van der Waals surface area contributed by atoms with Gasteiger partial charge in [-0.05, 0) is 43.6 Å². The van der Waals surface area contributed by atoms with Gasteiger partial charge in [0.05, 0.1) is 6.42 Å². The third-order valence-corrected chi connectivity index (χ3v) is 4.69. The molecule has 0 atom stereocenters. The van der Waals surface area contributed by atoms with E-state index in [1.165, 1.54) is 11.1 Å². The summed E-state index contributed by atoms with van der Waals surface area (Å²) in [5, 5.41) is 2.21. The molecule has 0 unspecified atom stereocenters. The average Bonchev–Trinajstić information content (AvgIpc) is 2.65. The summed E-state index contributed by atoms with van der Waals surface area (Å²) in [6, 6.07) is 16.5. The normalized spacial score (nSPS) is 11.1. The van der Waals surface area contributed by atoms with Crippen molar-refractivity contribution in [3.05, 3.63) is 77.6 Å². The maximum atomic E-state index is 13.0. The zero-order valence-electron chi connectivity index (χ0n) is 16.4. The third-order valence-electron chi connectivity index (χ3n) is 4.69. The smallest absolute Gasteiger partial charge is 0.227 e. The van der Waals surface area contributed by atoms with Crippen molar-refractivity contribution in [1.29, 1.82) is 0 Å². The summed E-state index contributed by atoms with van der Waals surface area (Å²) in [6.07, 6.45) is 4.05. The van der Waals surface area contributed by atoms with Crippen LogP contribution in [-0.4, -0.2) is 47.9 Å². The molecule has 0 fully saturated rings. The second kappa shape index (κ2) is 8.78. The maximum Gasteiger partial charge on any atom is 0.227 e. The molecule has 0 aliphatic heterocycles. The zero-order chi connectivity index (χ0) is 19.2. The Morgan fingerprint density at radius 1 is 0.963 bits per heavy atom. The predicted molar refractivity (Wildman–Crippen MR) is 111 cm³/mol. The second-order valence-electron chi connectivity index (χ2n) is 7.34. The number of carbonyl (C=O) groups is 1. The summed E-state index contributed by atoms with van der Waals surface area (Å²) >= 11 is 0. The van der Waals surface area contributed by atoms with Crippen molar-refractivity contribution in [2.45, 2.75) is 19.9 Å². The number of fused-ring (bicyclic) bond motifs is 1. The van der Waals surface area contributed by atoms with E-state index in [0.29, 0.717) is 13.0 Å². The molecule has 0 N–H and O–H groups in total. The Morgan fingerprint density at radius 3 is 2.59 bits per heavy atom. The molecule has 27 heavy (non-hydrogen) atoms. The Kier molecular flexibility index (Phi) is 6.20. The number of hydrogen-bond acceptors (Lipinski definition) is 3. The first-order chi connectivity index (χ1) is 13.0. The fourth-order valence-electron chi connectivity index (χ4n) is 3.17. The quantitative estimate of drug-likeness (QED) is 0.644. The number of amides is 1. The molecule has 4 heteroatoms. The van der Waals surface area contributed by atoms with Crippen LogP contribution in [0.1, 0.15) is 16.7 Å². The molecule has 0 bridgehead atoms. The van der Waals surface area contributed by atoms with Gasteiger partial charge in [-0.25, -0.2) is 0 Å². The molecule has 140 valence electrons. The first-order valence-corrected chi connectivity index (χ1v) is 9.32. The van der Waals surface area contributed by atoms with Crippen molar-refractivity contribution >= 4 is 16.7 Å².